The van der Waals surface area contributed by atoms with Crippen molar-refractivity contribution in [3.63, 3.8) is 0 Å². The van der Waals surface area contributed by atoms with Crippen LogP contribution in [-0.2, 0) is 38.2 Å². The Bertz CT molecular complexity index is 1370. The van der Waals surface area contributed by atoms with Gasteiger partial charge in [-0.3, -0.25) is 28.8 Å². The number of aliphatic hydroxyl groups excluding tert-OH is 2. The van der Waals surface area contributed by atoms with E-state index in [1.807, 2.05) is 13.8 Å². The van der Waals surface area contributed by atoms with E-state index in [0.717, 1.165) is 25.7 Å². The van der Waals surface area contributed by atoms with Crippen LogP contribution in [0.1, 0.15) is 130 Å². The predicted molar refractivity (Wildman–Crippen MR) is 196 cm³/mol. The molecule has 0 aliphatic carbocycles. The third-order valence-electron chi connectivity index (χ3n) is 9.79. The van der Waals surface area contributed by atoms with Gasteiger partial charge in [-0.15, -0.1) is 0 Å². The summed E-state index contributed by atoms with van der Waals surface area (Å²) < 4.78 is 13.2. The van der Waals surface area contributed by atoms with Crippen molar-refractivity contribution in [2.45, 2.75) is 154 Å². The van der Waals surface area contributed by atoms with Crippen molar-refractivity contribution in [2.75, 3.05) is 0 Å². The van der Waals surface area contributed by atoms with Crippen molar-refractivity contribution in [2.24, 2.45) is 23.7 Å². The number of hydrogen-bond acceptors (Lipinski definition) is 11. The van der Waals surface area contributed by atoms with Gasteiger partial charge in [-0.05, 0) is 50.0 Å². The first-order valence-electron chi connectivity index (χ1n) is 19.2. The molecule has 0 radical (unpaired) electrons. The molecular formula is C39H62NO15+. The number of carboxylic acids is 4. The maximum absolute atomic E-state index is 13.1. The molecule has 1 rings (SSSR count). The topological polar surface area (TPSA) is 266 Å². The number of rotatable bonds is 30. The summed E-state index contributed by atoms with van der Waals surface area (Å²) >= 11 is 0. The molecule has 1 heterocycles. The summed E-state index contributed by atoms with van der Waals surface area (Å²) in [7, 11) is 0. The van der Waals surface area contributed by atoms with Crippen LogP contribution in [0.3, 0.4) is 0 Å². The van der Waals surface area contributed by atoms with Gasteiger partial charge in [-0.25, -0.2) is 0 Å². The number of aliphatic hydroxyl groups is 2. The smallest absolute Gasteiger partial charge is 0.307 e. The van der Waals surface area contributed by atoms with Crippen LogP contribution in [0.5, 0.6) is 5.75 Å². The number of esters is 2. The molecule has 0 amide bonds. The molecule has 0 fully saturated rings. The van der Waals surface area contributed by atoms with E-state index in [2.05, 4.69) is 0 Å². The van der Waals surface area contributed by atoms with E-state index in [4.69, 9.17) is 19.7 Å². The standard InChI is InChI=1S/C39H61NO15/c1-5-6-12-25(3)37(55-36(49)22-28(39(52)53)20-34(46)47)32(54-35(48)21-27(38(50)51)19-33(44)45)18-24(2)17-29(41)13-9-7-8-10-15-31(43)26(4)40-16-11-14-30(42)23-40/h11,14,16,23-29,31-32,37,41,43H,5-10,12-13,15,17-22H2,1-4H3,(H4-,42,44,45,46,47,50,51,52,53)/p+1/t24-,25+,26-,27+,28+,29+,31-,32-,37+/m0/s1. The van der Waals surface area contributed by atoms with Crippen molar-refractivity contribution in [3.8, 4) is 5.75 Å². The Labute approximate surface area is 322 Å². The zero-order valence-corrected chi connectivity index (χ0v) is 32.5. The minimum atomic E-state index is -1.58. The Hall–Kier alpha value is -4.31. The molecule has 0 spiro atoms. The second-order valence-electron chi connectivity index (χ2n) is 14.8. The monoisotopic (exact) mass is 784 g/mol. The number of carbonyl (C=O) groups excluding carboxylic acids is 2. The summed E-state index contributed by atoms with van der Waals surface area (Å²) in [6.45, 7) is 7.35. The number of unbranched alkanes of at least 4 members (excludes halogenated alkanes) is 4. The summed E-state index contributed by atoms with van der Waals surface area (Å²) in [4.78, 5) is 72.0. The number of aliphatic carboxylic acids is 4. The van der Waals surface area contributed by atoms with Crippen LogP contribution in [0.4, 0.5) is 0 Å². The highest BCUT2D eigenvalue weighted by molar-refractivity contribution is 5.83. The minimum absolute atomic E-state index is 0.0542. The quantitative estimate of drug-likeness (QED) is 0.0322. The highest BCUT2D eigenvalue weighted by Gasteiger charge is 2.37. The van der Waals surface area contributed by atoms with Gasteiger partial charge in [0.25, 0.3) is 0 Å². The van der Waals surface area contributed by atoms with E-state index in [9.17, 15) is 54.3 Å². The molecule has 16 nitrogen and oxygen atoms in total. The van der Waals surface area contributed by atoms with E-state index in [1.54, 1.807) is 42.9 Å². The van der Waals surface area contributed by atoms with Gasteiger partial charge < -0.3 is 45.2 Å². The largest absolute Gasteiger partial charge is 0.503 e. The number of pyridine rings is 1. The molecule has 0 aliphatic rings. The van der Waals surface area contributed by atoms with Gasteiger partial charge in [0.05, 0.1) is 43.6 Å². The lowest BCUT2D eigenvalue weighted by Gasteiger charge is -2.33. The van der Waals surface area contributed by atoms with Crippen molar-refractivity contribution in [1.82, 2.24) is 0 Å². The Morgan fingerprint density at radius 3 is 1.76 bits per heavy atom. The average molecular weight is 785 g/mol. The number of hydrogen-bond donors (Lipinski definition) is 7. The molecule has 9 atom stereocenters. The normalized spacial score (nSPS) is 16.3. The number of aromatic nitrogens is 1. The van der Waals surface area contributed by atoms with Gasteiger partial charge in [0.1, 0.15) is 18.3 Å². The third-order valence-corrected chi connectivity index (χ3v) is 9.79. The first-order valence-corrected chi connectivity index (χ1v) is 19.2. The van der Waals surface area contributed by atoms with Crippen LogP contribution in [0, 0.1) is 23.7 Å². The second-order valence-corrected chi connectivity index (χ2v) is 14.8. The average Bonchev–Trinajstić information content (AvgIpc) is 3.09. The lowest BCUT2D eigenvalue weighted by atomic mass is 9.87. The third kappa shape index (κ3) is 20.3. The summed E-state index contributed by atoms with van der Waals surface area (Å²) in [6.07, 6.45) is 2.87. The van der Waals surface area contributed by atoms with Crippen molar-refractivity contribution < 1.29 is 78.6 Å². The van der Waals surface area contributed by atoms with Gasteiger partial charge in [0.15, 0.2) is 18.0 Å². The zero-order valence-electron chi connectivity index (χ0n) is 32.5. The molecule has 55 heavy (non-hydrogen) atoms. The molecule has 0 bridgehead atoms. The van der Waals surface area contributed by atoms with E-state index >= 15 is 0 Å². The number of carbonyl (C=O) groups is 6. The zero-order chi connectivity index (χ0) is 41.7. The maximum atomic E-state index is 13.1. The van der Waals surface area contributed by atoms with Crippen molar-refractivity contribution in [1.29, 1.82) is 0 Å². The Balaban J connectivity index is 3.01. The van der Waals surface area contributed by atoms with Gasteiger partial charge in [-0.2, -0.15) is 4.57 Å². The SMILES string of the molecule is CCCC[C@@H](C)[C@@H](OC(=O)C[C@@H](CC(=O)O)C(=O)O)[C@H](C[C@@H](C)C[C@H](O)CCCCCC[C@H](O)[C@H](C)[n+]1cccc(O)c1)OC(=O)C[C@@H](CC(=O)O)C(=O)O. The van der Waals surface area contributed by atoms with Crippen molar-refractivity contribution >= 4 is 35.8 Å². The van der Waals surface area contributed by atoms with E-state index < -0.39 is 104 Å². The number of nitrogens with zero attached hydrogens (tertiary/aromatic N) is 1. The first-order chi connectivity index (χ1) is 25.8. The molecule has 0 saturated heterocycles. The van der Waals surface area contributed by atoms with Crippen molar-refractivity contribution in [3.05, 3.63) is 24.5 Å². The Morgan fingerprint density at radius 2 is 1.25 bits per heavy atom. The summed E-state index contributed by atoms with van der Waals surface area (Å²) in [5, 5.41) is 68.4. The highest BCUT2D eigenvalue weighted by Crippen LogP contribution is 2.29. The number of ether oxygens (including phenoxy) is 2. The Morgan fingerprint density at radius 1 is 0.709 bits per heavy atom. The molecule has 0 saturated carbocycles. The first kappa shape index (κ1) is 48.7. The van der Waals surface area contributed by atoms with Gasteiger partial charge in [0, 0.05) is 13.0 Å². The summed E-state index contributed by atoms with van der Waals surface area (Å²) in [5.74, 6) is -11.7. The maximum Gasteiger partial charge on any atom is 0.307 e. The lowest BCUT2D eigenvalue weighted by molar-refractivity contribution is -0.727. The van der Waals surface area contributed by atoms with Crippen LogP contribution in [0.2, 0.25) is 0 Å². The van der Waals surface area contributed by atoms with Crippen LogP contribution in [0.25, 0.3) is 0 Å². The molecule has 7 N–H and O–H groups in total. The highest BCUT2D eigenvalue weighted by atomic mass is 16.6. The van der Waals surface area contributed by atoms with E-state index in [1.165, 1.54) is 0 Å². The fourth-order valence-corrected chi connectivity index (χ4v) is 6.57. The number of carboxylic acid groups (broad SMARTS) is 4. The lowest BCUT2D eigenvalue weighted by Crippen LogP contribution is -2.43. The van der Waals surface area contributed by atoms with Crippen LogP contribution < -0.4 is 4.57 Å². The van der Waals surface area contributed by atoms with Crippen LogP contribution >= 0.6 is 0 Å². The predicted octanol–water partition coefficient (Wildman–Crippen LogP) is 4.50. The molecule has 1 aromatic rings. The van der Waals surface area contributed by atoms with E-state index in [0.29, 0.717) is 32.1 Å². The summed E-state index contributed by atoms with van der Waals surface area (Å²) in [5.41, 5.74) is 0. The van der Waals surface area contributed by atoms with Crippen LogP contribution in [-0.4, -0.2) is 96.0 Å². The molecule has 312 valence electrons. The summed E-state index contributed by atoms with van der Waals surface area (Å²) in [6, 6.07) is 3.03. The number of aromatic hydroxyl groups is 1. The van der Waals surface area contributed by atoms with E-state index in [-0.39, 0.29) is 30.6 Å². The van der Waals surface area contributed by atoms with Gasteiger partial charge >= 0.3 is 35.8 Å². The Kier molecular flexibility index (Phi) is 22.8. The second kappa shape index (κ2) is 25.7. The molecular weight excluding hydrogens is 722 g/mol. The molecule has 1 aromatic heterocycles. The van der Waals surface area contributed by atoms with Crippen LogP contribution in [0.15, 0.2) is 24.5 Å². The molecule has 0 aromatic carbocycles. The van der Waals surface area contributed by atoms with Gasteiger partial charge in [-0.1, -0.05) is 59.3 Å². The molecule has 0 aliphatic heterocycles. The minimum Gasteiger partial charge on any atom is -0.503 e. The fourth-order valence-electron chi connectivity index (χ4n) is 6.57. The van der Waals surface area contributed by atoms with Gasteiger partial charge in [0.2, 0.25) is 6.20 Å². The fraction of sp³-hybridized carbons (Fsp3) is 0.718. The molecule has 0 unspecified atom stereocenters. The molecule has 16 heteroatoms.